The molecule has 0 radical (unpaired) electrons. The van der Waals surface area contributed by atoms with Crippen LogP contribution in [0.4, 0.5) is 0 Å². The van der Waals surface area contributed by atoms with Gasteiger partial charge < -0.3 is 0 Å². The Balaban J connectivity index is 2.02. The number of hydrogen-bond donors (Lipinski definition) is 1. The van der Waals surface area contributed by atoms with Crippen LogP contribution in [0, 0.1) is 4.77 Å². The van der Waals surface area contributed by atoms with Gasteiger partial charge in [-0.25, -0.2) is 5.10 Å². The molecule has 2 aromatic carbocycles. The molecule has 0 saturated carbocycles. The maximum atomic E-state index is 6.21. The largest absolute Gasteiger partial charge is 0.250 e. The molecular formula is C15H9Cl3N4S. The summed E-state index contributed by atoms with van der Waals surface area (Å²) < 4.78 is 1.86. The Labute approximate surface area is 152 Å². The second-order valence-corrected chi connectivity index (χ2v) is 6.17. The molecule has 116 valence electrons. The molecule has 0 unspecified atom stereocenters. The molecule has 0 aliphatic heterocycles. The minimum atomic E-state index is 0.358. The van der Waals surface area contributed by atoms with E-state index >= 15 is 0 Å². The van der Waals surface area contributed by atoms with Crippen molar-refractivity contribution in [1.82, 2.24) is 14.9 Å². The van der Waals surface area contributed by atoms with Crippen LogP contribution in [0.5, 0.6) is 0 Å². The van der Waals surface area contributed by atoms with Gasteiger partial charge in [0, 0.05) is 5.56 Å². The van der Waals surface area contributed by atoms with Crippen LogP contribution in [0.15, 0.2) is 47.6 Å². The smallest absolute Gasteiger partial charge is 0.216 e. The molecular weight excluding hydrogens is 375 g/mol. The van der Waals surface area contributed by atoms with E-state index < -0.39 is 0 Å². The van der Waals surface area contributed by atoms with Gasteiger partial charge in [0.2, 0.25) is 4.77 Å². The number of H-pyrrole nitrogens is 1. The van der Waals surface area contributed by atoms with Crippen molar-refractivity contribution in [3.8, 4) is 11.4 Å². The van der Waals surface area contributed by atoms with Crippen molar-refractivity contribution in [2.45, 2.75) is 0 Å². The molecule has 1 heterocycles. The Morgan fingerprint density at radius 1 is 1.04 bits per heavy atom. The van der Waals surface area contributed by atoms with Crippen LogP contribution in [0.3, 0.4) is 0 Å². The van der Waals surface area contributed by atoms with E-state index in [9.17, 15) is 0 Å². The highest BCUT2D eigenvalue weighted by Crippen LogP contribution is 2.26. The first-order valence-electron chi connectivity index (χ1n) is 6.48. The summed E-state index contributed by atoms with van der Waals surface area (Å²) in [5.41, 5.74) is 1.51. The Kier molecular flexibility index (Phi) is 4.82. The first-order chi connectivity index (χ1) is 11.1. The zero-order valence-electron chi connectivity index (χ0n) is 11.5. The molecule has 4 nitrogen and oxygen atoms in total. The van der Waals surface area contributed by atoms with Gasteiger partial charge in [-0.15, -0.1) is 0 Å². The maximum absolute atomic E-state index is 6.21. The number of benzene rings is 2. The van der Waals surface area contributed by atoms with E-state index in [4.69, 9.17) is 47.0 Å². The Bertz CT molecular complexity index is 946. The third kappa shape index (κ3) is 3.48. The fraction of sp³-hybridized carbons (Fsp3) is 0. The molecule has 3 rings (SSSR count). The summed E-state index contributed by atoms with van der Waals surface area (Å²) in [6.07, 6.45) is 1.62. The molecule has 0 aliphatic rings. The normalized spacial score (nSPS) is 11.3. The number of aromatic nitrogens is 3. The summed E-state index contributed by atoms with van der Waals surface area (Å²) >= 11 is 23.3. The van der Waals surface area contributed by atoms with Crippen LogP contribution in [-0.2, 0) is 0 Å². The van der Waals surface area contributed by atoms with E-state index in [2.05, 4.69) is 15.3 Å². The predicted octanol–water partition coefficient (Wildman–Crippen LogP) is 5.45. The average molecular weight is 384 g/mol. The van der Waals surface area contributed by atoms with E-state index in [-0.39, 0.29) is 0 Å². The summed E-state index contributed by atoms with van der Waals surface area (Å²) in [6.45, 7) is 0. The number of hydrogen-bond acceptors (Lipinski definition) is 3. The summed E-state index contributed by atoms with van der Waals surface area (Å²) in [4.78, 5) is 0. The van der Waals surface area contributed by atoms with Gasteiger partial charge in [0.05, 0.1) is 21.3 Å². The van der Waals surface area contributed by atoms with Crippen LogP contribution >= 0.6 is 47.0 Å². The first kappa shape index (κ1) is 16.2. The lowest BCUT2D eigenvalue weighted by molar-refractivity contribution is 0.871. The minimum Gasteiger partial charge on any atom is -0.250 e. The van der Waals surface area contributed by atoms with E-state index in [1.54, 1.807) is 30.5 Å². The topological polar surface area (TPSA) is 46.0 Å². The SMILES string of the molecule is S=c1[nH]nc(-c2ccccc2Cl)n1/N=C\c1ccc(Cl)c(Cl)c1. The third-order valence-corrected chi connectivity index (χ3v) is 4.36. The van der Waals surface area contributed by atoms with Gasteiger partial charge in [-0.1, -0.05) is 53.0 Å². The quantitative estimate of drug-likeness (QED) is 0.483. The molecule has 0 aliphatic carbocycles. The molecule has 1 aromatic heterocycles. The number of halogens is 3. The Hall–Kier alpha value is -1.66. The highest BCUT2D eigenvalue weighted by molar-refractivity contribution is 7.71. The molecule has 1 N–H and O–H groups in total. The second kappa shape index (κ2) is 6.84. The van der Waals surface area contributed by atoms with Crippen LogP contribution < -0.4 is 0 Å². The van der Waals surface area contributed by atoms with Crippen molar-refractivity contribution in [1.29, 1.82) is 0 Å². The van der Waals surface area contributed by atoms with Gasteiger partial charge in [-0.05, 0) is 42.0 Å². The lowest BCUT2D eigenvalue weighted by atomic mass is 10.2. The molecule has 23 heavy (non-hydrogen) atoms. The lowest BCUT2D eigenvalue weighted by Gasteiger charge is -2.03. The average Bonchev–Trinajstić information content (AvgIpc) is 2.90. The van der Waals surface area contributed by atoms with E-state index in [0.717, 1.165) is 11.1 Å². The van der Waals surface area contributed by atoms with Gasteiger partial charge in [0.15, 0.2) is 5.82 Å². The van der Waals surface area contributed by atoms with Crippen LogP contribution in [-0.4, -0.2) is 21.1 Å². The molecule has 0 amide bonds. The van der Waals surface area contributed by atoms with E-state index in [1.807, 2.05) is 18.2 Å². The van der Waals surface area contributed by atoms with Crippen LogP contribution in [0.25, 0.3) is 11.4 Å². The number of aromatic amines is 1. The standard InChI is InChI=1S/C15H9Cl3N4S/c16-11-4-2-1-3-10(11)14-20-21-15(23)22(14)19-8-9-5-6-12(17)13(18)7-9/h1-8H,(H,21,23)/b19-8-. The van der Waals surface area contributed by atoms with E-state index in [1.165, 1.54) is 4.68 Å². The van der Waals surface area contributed by atoms with Gasteiger partial charge in [-0.3, -0.25) is 0 Å². The number of nitrogens with zero attached hydrogens (tertiary/aromatic N) is 3. The van der Waals surface area contributed by atoms with Crippen molar-refractivity contribution in [2.24, 2.45) is 5.10 Å². The summed E-state index contributed by atoms with van der Waals surface area (Å²) in [7, 11) is 0. The minimum absolute atomic E-state index is 0.358. The third-order valence-electron chi connectivity index (χ3n) is 3.03. The molecule has 0 saturated heterocycles. The predicted molar refractivity (Wildman–Crippen MR) is 97.3 cm³/mol. The van der Waals surface area contributed by atoms with Gasteiger partial charge in [0.1, 0.15) is 0 Å². The highest BCUT2D eigenvalue weighted by atomic mass is 35.5. The second-order valence-electron chi connectivity index (χ2n) is 4.56. The van der Waals surface area contributed by atoms with Crippen molar-refractivity contribution in [2.75, 3.05) is 0 Å². The van der Waals surface area contributed by atoms with Crippen LogP contribution in [0.2, 0.25) is 15.1 Å². The molecule has 8 heteroatoms. The van der Waals surface area contributed by atoms with Gasteiger partial charge in [-0.2, -0.15) is 14.9 Å². The number of nitrogens with one attached hydrogen (secondary N) is 1. The van der Waals surface area contributed by atoms with E-state index in [0.29, 0.717) is 25.7 Å². The van der Waals surface area contributed by atoms with Crippen molar-refractivity contribution in [3.05, 3.63) is 67.9 Å². The molecule has 0 fully saturated rings. The molecule has 3 aromatic rings. The summed E-state index contributed by atoms with van der Waals surface area (Å²) in [6, 6.07) is 12.6. The zero-order chi connectivity index (χ0) is 16.4. The Morgan fingerprint density at radius 3 is 2.57 bits per heavy atom. The van der Waals surface area contributed by atoms with Crippen LogP contribution in [0.1, 0.15) is 5.56 Å². The van der Waals surface area contributed by atoms with Gasteiger partial charge >= 0.3 is 0 Å². The first-order valence-corrected chi connectivity index (χ1v) is 8.02. The summed E-state index contributed by atoms with van der Waals surface area (Å²) in [5.74, 6) is 0.525. The summed E-state index contributed by atoms with van der Waals surface area (Å²) in [5, 5.41) is 12.8. The molecule has 0 atom stereocenters. The fourth-order valence-electron chi connectivity index (χ4n) is 1.93. The zero-order valence-corrected chi connectivity index (χ0v) is 14.6. The lowest BCUT2D eigenvalue weighted by Crippen LogP contribution is -1.95. The highest BCUT2D eigenvalue weighted by Gasteiger charge is 2.11. The molecule has 0 bridgehead atoms. The molecule has 0 spiro atoms. The van der Waals surface area contributed by atoms with Crippen molar-refractivity contribution in [3.63, 3.8) is 0 Å². The maximum Gasteiger partial charge on any atom is 0.216 e. The van der Waals surface area contributed by atoms with Gasteiger partial charge in [0.25, 0.3) is 0 Å². The fourth-order valence-corrected chi connectivity index (χ4v) is 2.64. The van der Waals surface area contributed by atoms with Crippen molar-refractivity contribution >= 4 is 53.2 Å². The monoisotopic (exact) mass is 382 g/mol. The number of rotatable bonds is 3. The Morgan fingerprint density at radius 2 is 1.83 bits per heavy atom. The van der Waals surface area contributed by atoms with Crippen molar-refractivity contribution < 1.29 is 0 Å².